The number of fused-ring (bicyclic) bond motifs is 2. The number of unbranched alkanes of at least 4 members (excludes halogenated alkanes) is 8. The Morgan fingerprint density at radius 2 is 1.31 bits per heavy atom. The second-order valence-electron chi connectivity index (χ2n) is 12.0. The number of ketones is 1. The van der Waals surface area contributed by atoms with Gasteiger partial charge in [0.2, 0.25) is 17.3 Å². The van der Waals surface area contributed by atoms with E-state index in [2.05, 4.69) is 18.8 Å². The van der Waals surface area contributed by atoms with Gasteiger partial charge in [0.05, 0.1) is 60.3 Å². The minimum atomic E-state index is -0.717. The highest BCUT2D eigenvalue weighted by molar-refractivity contribution is 6.56. The summed E-state index contributed by atoms with van der Waals surface area (Å²) in [5, 5.41) is 36.5. The number of aromatic nitrogens is 1. The van der Waals surface area contributed by atoms with Crippen LogP contribution in [0.1, 0.15) is 107 Å². The molecule has 1 aliphatic rings. The molecule has 2 heterocycles. The SMILES string of the molecule is CCCCCCOc1c([N+](=O)[O-])cc(OC)c2c1C(=O)C(c1c(O)c3c(OCCCCCC)c([N+](=O)[O-])cc(OC)c3n1CCCCC)=N2. The number of benzene rings is 2. The van der Waals surface area contributed by atoms with Crippen LogP contribution in [0.2, 0.25) is 0 Å². The molecule has 0 amide bonds. The first-order valence-corrected chi connectivity index (χ1v) is 17.1. The van der Waals surface area contributed by atoms with E-state index in [4.69, 9.17) is 18.9 Å². The van der Waals surface area contributed by atoms with Crippen LogP contribution in [0.5, 0.6) is 28.7 Å². The van der Waals surface area contributed by atoms with Crippen molar-refractivity contribution in [3.8, 4) is 28.7 Å². The monoisotopic (exact) mass is 682 g/mol. The largest absolute Gasteiger partial charge is 0.505 e. The molecular weight excluding hydrogens is 636 g/mol. The molecular formula is C35H46N4O10. The lowest BCUT2D eigenvalue weighted by Crippen LogP contribution is -2.18. The summed E-state index contributed by atoms with van der Waals surface area (Å²) in [5.41, 5.74) is -0.879. The first kappa shape index (κ1) is 36.9. The van der Waals surface area contributed by atoms with Gasteiger partial charge in [-0.25, -0.2) is 4.99 Å². The second kappa shape index (κ2) is 17.0. The smallest absolute Gasteiger partial charge is 0.315 e. The topological polar surface area (TPSA) is 178 Å². The average molecular weight is 683 g/mol. The number of carbonyl (C=O) groups is 1. The van der Waals surface area contributed by atoms with Gasteiger partial charge in [-0.2, -0.15) is 0 Å². The Kier molecular flexibility index (Phi) is 12.8. The van der Waals surface area contributed by atoms with E-state index in [9.17, 15) is 30.1 Å². The molecule has 0 aliphatic carbocycles. The summed E-state index contributed by atoms with van der Waals surface area (Å²) in [6.07, 6.45) is 9.22. The van der Waals surface area contributed by atoms with Gasteiger partial charge in [-0.3, -0.25) is 25.0 Å². The van der Waals surface area contributed by atoms with E-state index < -0.39 is 32.8 Å². The van der Waals surface area contributed by atoms with Crippen molar-refractivity contribution in [3.05, 3.63) is 43.6 Å². The minimum Gasteiger partial charge on any atom is -0.505 e. The number of nitrogens with zero attached hydrogens (tertiary/aromatic N) is 4. The molecule has 0 saturated heterocycles. The normalized spacial score (nSPS) is 12.3. The summed E-state index contributed by atoms with van der Waals surface area (Å²) < 4.78 is 24.7. The molecule has 0 bridgehead atoms. The highest BCUT2D eigenvalue weighted by Crippen LogP contribution is 2.52. The highest BCUT2D eigenvalue weighted by atomic mass is 16.6. The maximum absolute atomic E-state index is 14.4. The standard InChI is InChI=1S/C35H46N4O10/c1-6-9-12-15-18-48-34-22(38(42)43)20-24(46-4)28-26(34)32(40)29(36-28)31-33(41)27-30(37(31)17-14-11-8-3)25(47-5)21-23(39(44)45)35(27)49-19-16-13-10-7-2/h20-21,41H,6-19H2,1-5H3. The van der Waals surface area contributed by atoms with Crippen molar-refractivity contribution in [2.24, 2.45) is 4.99 Å². The van der Waals surface area contributed by atoms with Gasteiger partial charge in [-0.05, 0) is 19.3 Å². The van der Waals surface area contributed by atoms with Crippen LogP contribution in [0.25, 0.3) is 10.9 Å². The molecule has 49 heavy (non-hydrogen) atoms. The molecule has 1 N–H and O–H groups in total. The third-order valence-corrected chi connectivity index (χ3v) is 8.59. The summed E-state index contributed by atoms with van der Waals surface area (Å²) in [5.74, 6) is -1.44. The number of carbonyl (C=O) groups excluding carboxylic acids is 1. The number of Topliss-reactive ketones (excluding diaryl/α,β-unsaturated/α-hetero) is 1. The number of hydrogen-bond donors (Lipinski definition) is 1. The third-order valence-electron chi connectivity index (χ3n) is 8.59. The summed E-state index contributed by atoms with van der Waals surface area (Å²) in [7, 11) is 2.68. The van der Waals surface area contributed by atoms with Crippen molar-refractivity contribution in [2.75, 3.05) is 27.4 Å². The van der Waals surface area contributed by atoms with Gasteiger partial charge in [-0.1, -0.05) is 72.1 Å². The Morgan fingerprint density at radius 3 is 1.86 bits per heavy atom. The molecule has 3 aromatic rings. The lowest BCUT2D eigenvalue weighted by molar-refractivity contribution is -0.386. The van der Waals surface area contributed by atoms with Gasteiger partial charge >= 0.3 is 11.4 Å². The number of nitro benzene ring substituents is 2. The van der Waals surface area contributed by atoms with Gasteiger partial charge in [0, 0.05) is 6.54 Å². The molecule has 2 aromatic carbocycles. The number of hydrogen-bond acceptors (Lipinski definition) is 11. The molecule has 14 heteroatoms. The zero-order valence-corrected chi connectivity index (χ0v) is 29.0. The molecule has 0 atom stereocenters. The van der Waals surface area contributed by atoms with Gasteiger partial charge in [0.15, 0.2) is 11.5 Å². The van der Waals surface area contributed by atoms with E-state index in [1.807, 2.05) is 6.92 Å². The minimum absolute atomic E-state index is 0.0131. The number of ether oxygens (including phenoxy) is 4. The van der Waals surface area contributed by atoms with E-state index in [1.165, 1.54) is 26.4 Å². The maximum atomic E-state index is 14.4. The van der Waals surface area contributed by atoms with Crippen LogP contribution >= 0.6 is 0 Å². The van der Waals surface area contributed by atoms with Crippen molar-refractivity contribution >= 4 is 39.5 Å². The second-order valence-corrected chi connectivity index (χ2v) is 12.0. The fourth-order valence-electron chi connectivity index (χ4n) is 6.11. The number of aryl methyl sites for hydroxylation is 1. The number of methoxy groups -OCH3 is 2. The zero-order valence-electron chi connectivity index (χ0n) is 29.0. The molecule has 0 saturated carbocycles. The van der Waals surface area contributed by atoms with E-state index in [-0.39, 0.29) is 64.3 Å². The molecule has 0 unspecified atom stereocenters. The summed E-state index contributed by atoms with van der Waals surface area (Å²) >= 11 is 0. The van der Waals surface area contributed by atoms with E-state index in [1.54, 1.807) is 4.57 Å². The van der Waals surface area contributed by atoms with Crippen LogP contribution in [-0.2, 0) is 6.54 Å². The number of rotatable bonds is 21. The summed E-state index contributed by atoms with van der Waals surface area (Å²) in [4.78, 5) is 42.3. The molecule has 0 fully saturated rings. The van der Waals surface area contributed by atoms with Crippen molar-refractivity contribution < 1.29 is 38.7 Å². The van der Waals surface area contributed by atoms with Crippen molar-refractivity contribution in [1.29, 1.82) is 0 Å². The van der Waals surface area contributed by atoms with Crippen molar-refractivity contribution in [3.63, 3.8) is 0 Å². The predicted octanol–water partition coefficient (Wildman–Crippen LogP) is 8.61. The van der Waals surface area contributed by atoms with Gasteiger partial charge in [0.25, 0.3) is 0 Å². The van der Waals surface area contributed by atoms with Crippen LogP contribution in [0, 0.1) is 20.2 Å². The number of aromatic hydroxyl groups is 1. The maximum Gasteiger partial charge on any atom is 0.315 e. The molecule has 1 aliphatic heterocycles. The Hall–Kier alpha value is -4.88. The molecule has 4 rings (SSSR count). The van der Waals surface area contributed by atoms with Crippen LogP contribution in [0.15, 0.2) is 17.1 Å². The van der Waals surface area contributed by atoms with Crippen LogP contribution in [0.4, 0.5) is 17.1 Å². The van der Waals surface area contributed by atoms with Gasteiger partial charge in [-0.15, -0.1) is 0 Å². The molecule has 14 nitrogen and oxygen atoms in total. The Balaban J connectivity index is 1.97. The van der Waals surface area contributed by atoms with Crippen molar-refractivity contribution in [2.45, 2.75) is 97.9 Å². The fourth-order valence-corrected chi connectivity index (χ4v) is 6.11. The molecule has 0 spiro atoms. The van der Waals surface area contributed by atoms with Crippen molar-refractivity contribution in [1.82, 2.24) is 4.57 Å². The Bertz CT molecular complexity index is 1730. The third kappa shape index (κ3) is 7.57. The van der Waals surface area contributed by atoms with Gasteiger partial charge < -0.3 is 28.6 Å². The van der Waals surface area contributed by atoms with Crippen LogP contribution < -0.4 is 18.9 Å². The Labute approximate surface area is 285 Å². The summed E-state index contributed by atoms with van der Waals surface area (Å²) in [6, 6.07) is 2.43. The predicted molar refractivity (Wildman–Crippen MR) is 186 cm³/mol. The number of nitro groups is 2. The van der Waals surface area contributed by atoms with E-state index in [0.29, 0.717) is 31.3 Å². The zero-order chi connectivity index (χ0) is 35.7. The molecule has 1 aromatic heterocycles. The van der Waals surface area contributed by atoms with Gasteiger partial charge in [0.1, 0.15) is 28.4 Å². The van der Waals surface area contributed by atoms with E-state index >= 15 is 0 Å². The Morgan fingerprint density at radius 1 is 0.776 bits per heavy atom. The first-order chi connectivity index (χ1) is 23.7. The quantitative estimate of drug-likeness (QED) is 0.0650. The lowest BCUT2D eigenvalue weighted by Gasteiger charge is -2.14. The number of aliphatic imine (C=N–C) groups is 1. The first-order valence-electron chi connectivity index (χ1n) is 17.1. The highest BCUT2D eigenvalue weighted by Gasteiger charge is 2.41. The fraction of sp³-hybridized carbons (Fsp3) is 0.543. The van der Waals surface area contributed by atoms with E-state index in [0.717, 1.165) is 51.4 Å². The van der Waals surface area contributed by atoms with Crippen LogP contribution in [-0.4, -0.2) is 58.4 Å². The lowest BCUT2D eigenvalue weighted by atomic mass is 10.0. The molecule has 266 valence electrons. The average Bonchev–Trinajstić information content (AvgIpc) is 3.57. The molecule has 0 radical (unpaired) electrons. The summed E-state index contributed by atoms with van der Waals surface area (Å²) in [6.45, 7) is 6.78. The van der Waals surface area contributed by atoms with Crippen LogP contribution in [0.3, 0.4) is 0 Å².